The van der Waals surface area contributed by atoms with Crippen molar-refractivity contribution >= 4 is 10.0 Å². The van der Waals surface area contributed by atoms with Crippen molar-refractivity contribution in [3.8, 4) is 0 Å². The van der Waals surface area contributed by atoms with E-state index in [0.717, 1.165) is 24.8 Å². The molecule has 1 aliphatic rings. The largest absolute Gasteiger partial charge is 0.218 e. The number of nitrogens with zero attached hydrogens (tertiary/aromatic N) is 1. The Labute approximate surface area is 110 Å². The standard InChI is InChI=1S/C14H21NO2S/c1-2-13-9-6-10-15(11-13)18(16,17)12-14-7-4-3-5-8-14/h3-5,7-8,13H,2,6,9-12H2,1H3. The lowest BCUT2D eigenvalue weighted by molar-refractivity contribution is 0.261. The van der Waals surface area contributed by atoms with Crippen LogP contribution in [0.15, 0.2) is 30.3 Å². The van der Waals surface area contributed by atoms with E-state index < -0.39 is 10.0 Å². The van der Waals surface area contributed by atoms with Crippen LogP contribution >= 0.6 is 0 Å². The van der Waals surface area contributed by atoms with E-state index >= 15 is 0 Å². The Morgan fingerprint density at radius 1 is 1.28 bits per heavy atom. The van der Waals surface area contributed by atoms with Crippen LogP contribution in [0, 0.1) is 5.92 Å². The first-order valence-corrected chi connectivity index (χ1v) is 8.24. The van der Waals surface area contributed by atoms with Crippen LogP contribution in [0.25, 0.3) is 0 Å². The third-order valence-electron chi connectivity index (χ3n) is 3.64. The van der Waals surface area contributed by atoms with Crippen molar-refractivity contribution < 1.29 is 8.42 Å². The normalized spacial score (nSPS) is 21.9. The second kappa shape index (κ2) is 5.85. The lowest BCUT2D eigenvalue weighted by atomic mass is 9.97. The maximum absolute atomic E-state index is 12.3. The Morgan fingerprint density at radius 3 is 2.67 bits per heavy atom. The monoisotopic (exact) mass is 267 g/mol. The Morgan fingerprint density at radius 2 is 2.00 bits per heavy atom. The zero-order valence-corrected chi connectivity index (χ0v) is 11.7. The van der Waals surface area contributed by atoms with Crippen molar-refractivity contribution in [2.75, 3.05) is 13.1 Å². The summed E-state index contributed by atoms with van der Waals surface area (Å²) >= 11 is 0. The molecule has 0 bridgehead atoms. The molecule has 1 fully saturated rings. The molecule has 0 aromatic heterocycles. The van der Waals surface area contributed by atoms with Gasteiger partial charge >= 0.3 is 0 Å². The van der Waals surface area contributed by atoms with E-state index in [0.29, 0.717) is 19.0 Å². The molecule has 0 spiro atoms. The fourth-order valence-corrected chi connectivity index (χ4v) is 4.13. The number of hydrogen-bond acceptors (Lipinski definition) is 2. The first kappa shape index (κ1) is 13.6. The quantitative estimate of drug-likeness (QED) is 0.841. The summed E-state index contributed by atoms with van der Waals surface area (Å²) in [5.74, 6) is 0.661. The van der Waals surface area contributed by atoms with E-state index in [-0.39, 0.29) is 5.75 Å². The van der Waals surface area contributed by atoms with Gasteiger partial charge in [-0.1, -0.05) is 43.7 Å². The number of sulfonamides is 1. The Hall–Kier alpha value is -0.870. The minimum absolute atomic E-state index is 0.129. The Balaban J connectivity index is 2.06. The second-order valence-electron chi connectivity index (χ2n) is 5.02. The predicted molar refractivity (Wildman–Crippen MR) is 73.7 cm³/mol. The topological polar surface area (TPSA) is 37.4 Å². The minimum atomic E-state index is -3.15. The molecule has 3 nitrogen and oxygen atoms in total. The predicted octanol–water partition coefficient (Wildman–Crippen LogP) is 2.64. The fraction of sp³-hybridized carbons (Fsp3) is 0.571. The number of rotatable bonds is 4. The van der Waals surface area contributed by atoms with Gasteiger partial charge in [-0.2, -0.15) is 0 Å². The van der Waals surface area contributed by atoms with Crippen molar-refractivity contribution in [2.24, 2.45) is 5.92 Å². The molecule has 0 radical (unpaired) electrons. The van der Waals surface area contributed by atoms with Gasteiger partial charge in [0.15, 0.2) is 0 Å². The van der Waals surface area contributed by atoms with Gasteiger partial charge in [0.2, 0.25) is 10.0 Å². The highest BCUT2D eigenvalue weighted by molar-refractivity contribution is 7.88. The van der Waals surface area contributed by atoms with Gasteiger partial charge in [0.1, 0.15) is 0 Å². The van der Waals surface area contributed by atoms with Crippen LogP contribution < -0.4 is 0 Å². The molecule has 1 atom stereocenters. The molecular weight excluding hydrogens is 246 g/mol. The first-order chi connectivity index (χ1) is 8.62. The maximum Gasteiger partial charge on any atom is 0.218 e. The maximum atomic E-state index is 12.3. The van der Waals surface area contributed by atoms with Gasteiger partial charge < -0.3 is 0 Å². The molecule has 100 valence electrons. The number of hydrogen-bond donors (Lipinski definition) is 0. The lowest BCUT2D eigenvalue weighted by Crippen LogP contribution is -2.40. The number of benzene rings is 1. The van der Waals surface area contributed by atoms with Crippen molar-refractivity contribution in [3.63, 3.8) is 0 Å². The van der Waals surface area contributed by atoms with E-state index in [9.17, 15) is 8.42 Å². The van der Waals surface area contributed by atoms with Crippen LogP contribution in [0.4, 0.5) is 0 Å². The van der Waals surface area contributed by atoms with E-state index in [1.165, 1.54) is 0 Å². The lowest BCUT2D eigenvalue weighted by Gasteiger charge is -2.31. The molecule has 1 aromatic rings. The molecule has 4 heteroatoms. The molecule has 2 rings (SSSR count). The highest BCUT2D eigenvalue weighted by Crippen LogP contribution is 2.23. The average molecular weight is 267 g/mol. The van der Waals surface area contributed by atoms with E-state index in [1.807, 2.05) is 30.3 Å². The van der Waals surface area contributed by atoms with Crippen LogP contribution in [0.3, 0.4) is 0 Å². The summed E-state index contributed by atoms with van der Waals surface area (Å²) in [4.78, 5) is 0. The van der Waals surface area contributed by atoms with Crippen molar-refractivity contribution in [1.29, 1.82) is 0 Å². The molecule has 1 saturated heterocycles. The van der Waals surface area contributed by atoms with Crippen LogP contribution in [0.2, 0.25) is 0 Å². The summed E-state index contributed by atoms with van der Waals surface area (Å²) < 4.78 is 26.4. The molecule has 0 saturated carbocycles. The van der Waals surface area contributed by atoms with E-state index in [4.69, 9.17) is 0 Å². The van der Waals surface area contributed by atoms with Gasteiger partial charge in [0, 0.05) is 13.1 Å². The summed E-state index contributed by atoms with van der Waals surface area (Å²) in [7, 11) is -3.15. The molecule has 0 aliphatic carbocycles. The summed E-state index contributed by atoms with van der Waals surface area (Å²) in [6.45, 7) is 3.52. The molecule has 1 aliphatic heterocycles. The van der Waals surface area contributed by atoms with Gasteiger partial charge in [0.05, 0.1) is 5.75 Å². The van der Waals surface area contributed by atoms with Gasteiger partial charge in [0.25, 0.3) is 0 Å². The zero-order chi connectivity index (χ0) is 13.0. The Kier molecular flexibility index (Phi) is 4.40. The van der Waals surface area contributed by atoms with E-state index in [2.05, 4.69) is 6.92 Å². The highest BCUT2D eigenvalue weighted by atomic mass is 32.2. The van der Waals surface area contributed by atoms with Crippen LogP contribution in [-0.2, 0) is 15.8 Å². The second-order valence-corrected chi connectivity index (χ2v) is 6.99. The highest BCUT2D eigenvalue weighted by Gasteiger charge is 2.28. The average Bonchev–Trinajstić information content (AvgIpc) is 2.39. The molecule has 18 heavy (non-hydrogen) atoms. The SMILES string of the molecule is CCC1CCCN(S(=O)(=O)Cc2ccccc2)C1. The fourth-order valence-electron chi connectivity index (χ4n) is 2.49. The molecule has 1 unspecified atom stereocenters. The first-order valence-electron chi connectivity index (χ1n) is 6.63. The molecule has 1 heterocycles. The minimum Gasteiger partial charge on any atom is -0.212 e. The van der Waals surface area contributed by atoms with Gasteiger partial charge in [-0.3, -0.25) is 0 Å². The van der Waals surface area contributed by atoms with Crippen LogP contribution in [0.1, 0.15) is 31.7 Å². The van der Waals surface area contributed by atoms with Crippen molar-refractivity contribution in [1.82, 2.24) is 4.31 Å². The third-order valence-corrected chi connectivity index (χ3v) is 5.46. The smallest absolute Gasteiger partial charge is 0.212 e. The molecule has 1 aromatic carbocycles. The molecule has 0 N–H and O–H groups in total. The van der Waals surface area contributed by atoms with Gasteiger partial charge in [-0.15, -0.1) is 0 Å². The molecule has 0 amide bonds. The van der Waals surface area contributed by atoms with Crippen molar-refractivity contribution in [2.45, 2.75) is 31.9 Å². The molecular formula is C14H21NO2S. The van der Waals surface area contributed by atoms with Crippen LogP contribution in [0.5, 0.6) is 0 Å². The summed E-state index contributed by atoms with van der Waals surface area (Å²) in [6, 6.07) is 9.42. The third kappa shape index (κ3) is 3.33. The van der Waals surface area contributed by atoms with E-state index in [1.54, 1.807) is 4.31 Å². The zero-order valence-electron chi connectivity index (χ0n) is 10.9. The summed E-state index contributed by atoms with van der Waals surface area (Å²) in [5, 5.41) is 0. The Bertz CT molecular complexity index is 470. The van der Waals surface area contributed by atoms with Crippen molar-refractivity contribution in [3.05, 3.63) is 35.9 Å². The number of piperidine rings is 1. The van der Waals surface area contributed by atoms with Gasteiger partial charge in [-0.25, -0.2) is 12.7 Å². The summed E-state index contributed by atoms with van der Waals surface area (Å²) in [5.41, 5.74) is 0.871. The van der Waals surface area contributed by atoms with Gasteiger partial charge in [-0.05, 0) is 24.3 Å². The van der Waals surface area contributed by atoms with Crippen LogP contribution in [-0.4, -0.2) is 25.8 Å². The summed E-state index contributed by atoms with van der Waals surface area (Å²) in [6.07, 6.45) is 3.22.